The first-order valence-corrected chi connectivity index (χ1v) is 13.9. The number of para-hydroxylation sites is 1. The minimum atomic E-state index is -0.958. The van der Waals surface area contributed by atoms with Crippen molar-refractivity contribution in [1.82, 2.24) is 0 Å². The number of amides is 1. The summed E-state index contributed by atoms with van der Waals surface area (Å²) < 4.78 is 17.1. The first-order valence-electron chi connectivity index (χ1n) is 13.0. The zero-order valence-corrected chi connectivity index (χ0v) is 26.6. The molecule has 40 heavy (non-hydrogen) atoms. The van der Waals surface area contributed by atoms with Crippen molar-refractivity contribution in [2.24, 2.45) is 0 Å². The number of quaternary nitrogens is 1. The van der Waals surface area contributed by atoms with Crippen LogP contribution in [0.4, 0.5) is 5.69 Å². The third kappa shape index (κ3) is 7.92. The van der Waals surface area contributed by atoms with E-state index in [9.17, 15) is 9.59 Å². The molecular formula is C31H37IN2O5S. The maximum absolute atomic E-state index is 14.1. The summed E-state index contributed by atoms with van der Waals surface area (Å²) in [5, 5.41) is -0.394. The summed E-state index contributed by atoms with van der Waals surface area (Å²) in [5.74, 6) is 0.887. The first kappa shape index (κ1) is 31.8. The summed E-state index contributed by atoms with van der Waals surface area (Å²) in [7, 11) is 7.64. The minimum Gasteiger partial charge on any atom is -1.00 e. The van der Waals surface area contributed by atoms with E-state index in [0.29, 0.717) is 6.54 Å². The number of anilines is 1. The molecule has 7 nitrogen and oxygen atoms in total. The molecule has 0 bridgehead atoms. The SMILES string of the molecule is COc1ccc([C@H]2Sc3ccccc3N(CC[N+](C)(C)CCc3cccc(OC)c3)C(=O)[C@H]2OC(C)=O)cc1.[I-]. The molecule has 0 saturated carbocycles. The number of thioether (sulfide) groups is 1. The van der Waals surface area contributed by atoms with Crippen LogP contribution in [0.2, 0.25) is 0 Å². The second-order valence-electron chi connectivity index (χ2n) is 10.3. The third-order valence-corrected chi connectivity index (χ3v) is 8.37. The second-order valence-corrected chi connectivity index (χ2v) is 11.5. The zero-order valence-electron chi connectivity index (χ0n) is 23.6. The molecule has 3 aromatic rings. The molecule has 1 aliphatic rings. The Kier molecular flexibility index (Phi) is 11.3. The van der Waals surface area contributed by atoms with Crippen LogP contribution in [0.25, 0.3) is 0 Å². The van der Waals surface area contributed by atoms with Crippen molar-refractivity contribution in [2.75, 3.05) is 52.8 Å². The predicted molar refractivity (Wildman–Crippen MR) is 154 cm³/mol. The molecule has 3 aromatic carbocycles. The molecule has 0 aliphatic carbocycles. The third-order valence-electron chi connectivity index (χ3n) is 7.00. The molecule has 0 fully saturated rings. The summed E-state index contributed by atoms with van der Waals surface area (Å²) in [6.07, 6.45) is -0.0686. The molecule has 0 N–H and O–H groups in total. The lowest BCUT2D eigenvalue weighted by Gasteiger charge is -2.34. The topological polar surface area (TPSA) is 65.1 Å². The van der Waals surface area contributed by atoms with E-state index in [4.69, 9.17) is 14.2 Å². The van der Waals surface area contributed by atoms with Crippen LogP contribution in [0.5, 0.6) is 11.5 Å². The molecule has 1 aliphatic heterocycles. The van der Waals surface area contributed by atoms with E-state index in [1.165, 1.54) is 12.5 Å². The average Bonchev–Trinajstić information content (AvgIpc) is 3.05. The highest BCUT2D eigenvalue weighted by Gasteiger charge is 2.41. The van der Waals surface area contributed by atoms with Crippen LogP contribution in [0.3, 0.4) is 0 Å². The Morgan fingerprint density at radius 2 is 1.62 bits per heavy atom. The van der Waals surface area contributed by atoms with Crippen LogP contribution in [0.15, 0.2) is 77.7 Å². The Bertz CT molecular complexity index is 1300. The minimum absolute atomic E-state index is 0. The van der Waals surface area contributed by atoms with Gasteiger partial charge < -0.3 is 47.6 Å². The number of fused-ring (bicyclic) bond motifs is 1. The molecule has 0 radical (unpaired) electrons. The summed E-state index contributed by atoms with van der Waals surface area (Å²) in [6.45, 7) is 3.47. The summed E-state index contributed by atoms with van der Waals surface area (Å²) in [5.41, 5.74) is 2.95. The van der Waals surface area contributed by atoms with E-state index < -0.39 is 17.3 Å². The number of hydrogen-bond acceptors (Lipinski definition) is 6. The highest BCUT2D eigenvalue weighted by molar-refractivity contribution is 7.99. The van der Waals surface area contributed by atoms with E-state index in [1.807, 2.05) is 60.7 Å². The largest absolute Gasteiger partial charge is 1.00 e. The molecule has 4 rings (SSSR count). The quantitative estimate of drug-likeness (QED) is 0.187. The van der Waals surface area contributed by atoms with Gasteiger partial charge in [-0.15, -0.1) is 11.8 Å². The molecule has 0 saturated heterocycles. The fourth-order valence-corrected chi connectivity index (χ4v) is 6.00. The molecule has 214 valence electrons. The summed E-state index contributed by atoms with van der Waals surface area (Å²) in [4.78, 5) is 29.1. The Morgan fingerprint density at radius 3 is 2.30 bits per heavy atom. The van der Waals surface area contributed by atoms with Crippen LogP contribution < -0.4 is 38.4 Å². The van der Waals surface area contributed by atoms with Gasteiger partial charge in [0.25, 0.3) is 5.91 Å². The fourth-order valence-electron chi connectivity index (χ4n) is 4.68. The maximum atomic E-state index is 14.1. The number of carbonyl (C=O) groups is 2. The normalized spacial score (nSPS) is 16.8. The van der Waals surface area contributed by atoms with Crippen LogP contribution in [0.1, 0.15) is 23.3 Å². The van der Waals surface area contributed by atoms with E-state index >= 15 is 0 Å². The number of rotatable bonds is 10. The predicted octanol–water partition coefficient (Wildman–Crippen LogP) is 2.14. The zero-order chi connectivity index (χ0) is 28.0. The molecule has 0 unspecified atom stereocenters. The molecule has 9 heteroatoms. The van der Waals surface area contributed by atoms with E-state index in [-0.39, 0.29) is 29.9 Å². The van der Waals surface area contributed by atoms with Gasteiger partial charge in [-0.3, -0.25) is 9.59 Å². The number of benzene rings is 3. The van der Waals surface area contributed by atoms with Crippen molar-refractivity contribution in [2.45, 2.75) is 29.6 Å². The average molecular weight is 677 g/mol. The molecule has 1 heterocycles. The molecule has 1 amide bonds. The smallest absolute Gasteiger partial charge is 0.303 e. The van der Waals surface area contributed by atoms with Crippen LogP contribution in [-0.2, 0) is 20.7 Å². The molecular weight excluding hydrogens is 639 g/mol. The summed E-state index contributed by atoms with van der Waals surface area (Å²) >= 11 is 1.55. The van der Waals surface area contributed by atoms with Gasteiger partial charge in [-0.2, -0.15) is 0 Å². The number of ether oxygens (including phenoxy) is 3. The highest BCUT2D eigenvalue weighted by Crippen LogP contribution is 2.46. The lowest BCUT2D eigenvalue weighted by atomic mass is 10.1. The van der Waals surface area contributed by atoms with Gasteiger partial charge in [0.05, 0.1) is 58.9 Å². The Labute approximate surface area is 258 Å². The van der Waals surface area contributed by atoms with Gasteiger partial charge in [0.2, 0.25) is 0 Å². The van der Waals surface area contributed by atoms with Crippen molar-refractivity contribution in [1.29, 1.82) is 0 Å². The van der Waals surface area contributed by atoms with E-state index in [2.05, 4.69) is 26.2 Å². The van der Waals surface area contributed by atoms with Crippen LogP contribution in [0, 0.1) is 0 Å². The molecule has 0 spiro atoms. The Balaban J connectivity index is 0.00000441. The van der Waals surface area contributed by atoms with Crippen molar-refractivity contribution in [3.05, 3.63) is 83.9 Å². The second kappa shape index (κ2) is 14.2. The van der Waals surface area contributed by atoms with Gasteiger partial charge in [-0.1, -0.05) is 36.4 Å². The standard InChI is InChI=1S/C31H37N2O5S.HI/c1-22(34)38-29-30(24-13-15-25(36-4)16-14-24)39-28-12-7-6-11-27(28)32(31(29)35)18-20-33(2,3)19-17-23-9-8-10-26(21-23)37-5;/h6-16,21,29-30H,17-20H2,1-5H3;1H/q+1;/p-1/t29-,30+;/m0./s1. The fraction of sp³-hybridized carbons (Fsp3) is 0.355. The Hall–Kier alpha value is -2.76. The summed E-state index contributed by atoms with van der Waals surface area (Å²) in [6, 6.07) is 23.6. The monoisotopic (exact) mass is 676 g/mol. The van der Waals surface area contributed by atoms with Gasteiger partial charge in [-0.05, 0) is 47.5 Å². The highest BCUT2D eigenvalue weighted by atomic mass is 127. The van der Waals surface area contributed by atoms with Gasteiger partial charge in [0, 0.05) is 18.2 Å². The van der Waals surface area contributed by atoms with Crippen molar-refractivity contribution in [3.8, 4) is 11.5 Å². The van der Waals surface area contributed by atoms with Crippen molar-refractivity contribution >= 4 is 29.3 Å². The lowest BCUT2D eigenvalue weighted by molar-refractivity contribution is -0.888. The molecule has 0 aromatic heterocycles. The van der Waals surface area contributed by atoms with Gasteiger partial charge >= 0.3 is 5.97 Å². The molecule has 2 atom stereocenters. The number of halogens is 1. The lowest BCUT2D eigenvalue weighted by Crippen LogP contribution is -3.00. The van der Waals surface area contributed by atoms with Crippen LogP contribution in [-0.4, -0.2) is 70.4 Å². The number of carbonyl (C=O) groups excluding carboxylic acids is 2. The number of methoxy groups -OCH3 is 2. The maximum Gasteiger partial charge on any atom is 0.303 e. The van der Waals surface area contributed by atoms with Crippen molar-refractivity contribution < 1.29 is 52.3 Å². The van der Waals surface area contributed by atoms with Crippen molar-refractivity contribution in [3.63, 3.8) is 0 Å². The number of nitrogens with zero attached hydrogens (tertiary/aromatic N) is 2. The first-order chi connectivity index (χ1) is 18.7. The van der Waals surface area contributed by atoms with Gasteiger partial charge in [0.15, 0.2) is 6.10 Å². The van der Waals surface area contributed by atoms with Gasteiger partial charge in [-0.25, -0.2) is 0 Å². The number of esters is 1. The Morgan fingerprint density at radius 1 is 0.925 bits per heavy atom. The van der Waals surface area contributed by atoms with E-state index in [1.54, 1.807) is 30.9 Å². The van der Waals surface area contributed by atoms with Crippen LogP contribution >= 0.6 is 11.8 Å². The number of likely N-dealkylation sites (N-methyl/N-ethyl adjacent to an activating group) is 1. The van der Waals surface area contributed by atoms with Gasteiger partial charge in [0.1, 0.15) is 11.5 Å². The van der Waals surface area contributed by atoms with E-state index in [0.717, 1.165) is 51.6 Å². The number of hydrogen-bond donors (Lipinski definition) is 0.